The van der Waals surface area contributed by atoms with E-state index in [2.05, 4.69) is 26.5 Å². The van der Waals surface area contributed by atoms with Crippen molar-refractivity contribution >= 4 is 11.3 Å². The molecule has 0 aliphatic carbocycles. The number of phenols is 2. The van der Waals surface area contributed by atoms with Gasteiger partial charge in [0.05, 0.1) is 11.1 Å². The summed E-state index contributed by atoms with van der Waals surface area (Å²) in [5, 5.41) is 31.0. The lowest BCUT2D eigenvalue weighted by Gasteiger charge is -2.46. The molecule has 0 aromatic heterocycles. The maximum Gasteiger partial charge on any atom is 0.131 e. The minimum Gasteiger partial charge on any atom is -0.507 e. The number of phenolic OH excluding ortho intramolecular Hbond substituents is 2. The van der Waals surface area contributed by atoms with Gasteiger partial charge in [0.2, 0.25) is 0 Å². The van der Waals surface area contributed by atoms with E-state index in [1.807, 2.05) is 30.0 Å². The molecule has 0 radical (unpaired) electrons. The molecule has 1 heterocycles. The van der Waals surface area contributed by atoms with Crippen LogP contribution in [0, 0.1) is 0 Å². The van der Waals surface area contributed by atoms with E-state index >= 15 is 0 Å². The Labute approximate surface area is 154 Å². The summed E-state index contributed by atoms with van der Waals surface area (Å²) < 4.78 is 0. The highest BCUT2D eigenvalue weighted by atomic mass is 16.3. The van der Waals surface area contributed by atoms with Crippen LogP contribution in [0.1, 0.15) is 32.8 Å². The molecule has 3 N–H and O–H groups in total. The van der Waals surface area contributed by atoms with Gasteiger partial charge in [-0.1, -0.05) is 24.3 Å². The Bertz CT molecular complexity index is 863. The van der Waals surface area contributed by atoms with E-state index in [0.717, 1.165) is 22.4 Å². The Kier molecular flexibility index (Phi) is 4.55. The van der Waals surface area contributed by atoms with E-state index in [1.54, 1.807) is 24.3 Å². The van der Waals surface area contributed by atoms with Gasteiger partial charge in [0.15, 0.2) is 0 Å². The molecule has 0 spiro atoms. The van der Waals surface area contributed by atoms with Gasteiger partial charge in [0.25, 0.3) is 0 Å². The van der Waals surface area contributed by atoms with Gasteiger partial charge in [-0.25, -0.2) is 0 Å². The molecule has 1 aliphatic heterocycles. The molecular formula is C22H25NO3. The molecule has 0 bridgehead atoms. The van der Waals surface area contributed by atoms with Crippen LogP contribution < -0.4 is 4.90 Å². The first-order chi connectivity index (χ1) is 12.3. The number of benzene rings is 2. The predicted molar refractivity (Wildman–Crippen MR) is 106 cm³/mol. The van der Waals surface area contributed by atoms with Gasteiger partial charge in [0, 0.05) is 17.7 Å². The number of aliphatic hydroxyl groups is 1. The molecule has 0 saturated heterocycles. The Morgan fingerprint density at radius 2 is 1.81 bits per heavy atom. The summed E-state index contributed by atoms with van der Waals surface area (Å²) in [5.41, 5.74) is 3.76. The fourth-order valence-electron chi connectivity index (χ4n) is 3.83. The molecule has 0 amide bonds. The minimum atomic E-state index is -0.685. The van der Waals surface area contributed by atoms with Crippen LogP contribution in [0.25, 0.3) is 16.7 Å². The molecule has 4 nitrogen and oxygen atoms in total. The third-order valence-electron chi connectivity index (χ3n) is 4.86. The number of fused-ring (bicyclic) bond motifs is 1. The zero-order valence-electron chi connectivity index (χ0n) is 15.4. The Balaban J connectivity index is 2.17. The van der Waals surface area contributed by atoms with E-state index in [-0.39, 0.29) is 17.0 Å². The molecule has 1 atom stereocenters. The van der Waals surface area contributed by atoms with E-state index in [0.29, 0.717) is 12.0 Å². The Morgan fingerprint density at radius 1 is 1.15 bits per heavy atom. The van der Waals surface area contributed by atoms with Crippen LogP contribution in [0.5, 0.6) is 11.5 Å². The summed E-state index contributed by atoms with van der Waals surface area (Å²) in [7, 11) is 0. The highest BCUT2D eigenvalue weighted by Crippen LogP contribution is 2.44. The second kappa shape index (κ2) is 6.54. The van der Waals surface area contributed by atoms with E-state index in [9.17, 15) is 15.3 Å². The van der Waals surface area contributed by atoms with Crippen molar-refractivity contribution in [3.05, 3.63) is 60.7 Å². The molecule has 2 aromatic rings. The highest BCUT2D eigenvalue weighted by molar-refractivity contribution is 5.87. The number of aromatic hydroxyl groups is 2. The molecule has 26 heavy (non-hydrogen) atoms. The molecule has 1 aliphatic rings. The summed E-state index contributed by atoms with van der Waals surface area (Å²) in [6.45, 7) is 9.89. The maximum atomic E-state index is 10.7. The van der Waals surface area contributed by atoms with Gasteiger partial charge in [-0.2, -0.15) is 0 Å². The zero-order chi connectivity index (χ0) is 19.1. The largest absolute Gasteiger partial charge is 0.507 e. The Morgan fingerprint density at radius 3 is 2.42 bits per heavy atom. The smallest absolute Gasteiger partial charge is 0.131 e. The van der Waals surface area contributed by atoms with Crippen molar-refractivity contribution in [2.45, 2.75) is 39.0 Å². The number of aliphatic hydroxyl groups excluding tert-OH is 1. The number of anilines is 1. The lowest BCUT2D eigenvalue weighted by Crippen LogP contribution is -2.51. The Hall–Kier alpha value is -2.72. The summed E-state index contributed by atoms with van der Waals surface area (Å²) >= 11 is 0. The van der Waals surface area contributed by atoms with E-state index in [4.69, 9.17) is 0 Å². The minimum absolute atomic E-state index is 0.0336. The maximum absolute atomic E-state index is 10.7. The normalized spacial score (nSPS) is 16.6. The van der Waals surface area contributed by atoms with Crippen molar-refractivity contribution in [3.63, 3.8) is 0 Å². The summed E-state index contributed by atoms with van der Waals surface area (Å²) in [6, 6.07) is 10.4. The van der Waals surface area contributed by atoms with Crippen LogP contribution in [0.2, 0.25) is 0 Å². The van der Waals surface area contributed by atoms with Crippen molar-refractivity contribution in [1.82, 2.24) is 0 Å². The zero-order valence-corrected chi connectivity index (χ0v) is 15.4. The monoisotopic (exact) mass is 351 g/mol. The van der Waals surface area contributed by atoms with Crippen LogP contribution in [0.15, 0.2) is 55.1 Å². The first-order valence-electron chi connectivity index (χ1n) is 8.69. The van der Waals surface area contributed by atoms with Gasteiger partial charge in [-0.05, 0) is 56.2 Å². The van der Waals surface area contributed by atoms with Crippen LogP contribution in [0.4, 0.5) is 5.69 Å². The average Bonchev–Trinajstić information content (AvgIpc) is 2.54. The molecule has 0 saturated carbocycles. The molecular weight excluding hydrogens is 326 g/mol. The fraction of sp³-hybridized carbons (Fsp3) is 0.273. The van der Waals surface area contributed by atoms with Crippen LogP contribution in [-0.2, 0) is 0 Å². The molecule has 0 fully saturated rings. The van der Waals surface area contributed by atoms with Crippen LogP contribution in [-0.4, -0.2) is 27.1 Å². The number of hydrogen-bond donors (Lipinski definition) is 3. The van der Waals surface area contributed by atoms with Gasteiger partial charge in [-0.15, -0.1) is 6.58 Å². The third kappa shape index (κ3) is 2.97. The quantitative estimate of drug-likeness (QED) is 0.701. The number of rotatable bonds is 4. The van der Waals surface area contributed by atoms with Gasteiger partial charge >= 0.3 is 0 Å². The van der Waals surface area contributed by atoms with Gasteiger partial charge in [-0.3, -0.25) is 0 Å². The standard InChI is InChI=1S/C22H25NO3/c1-5-7-20(26)23-17-11-10-15(21-18(24)8-6-9-19(21)25)12-16(17)14(2)13-22(23,3)4/h5-6,8-13,20,24-26H,1,7H2,2-4H3/t20-/m1/s1. The third-order valence-corrected chi connectivity index (χ3v) is 4.86. The van der Waals surface area contributed by atoms with Crippen molar-refractivity contribution < 1.29 is 15.3 Å². The molecule has 4 heteroatoms. The van der Waals surface area contributed by atoms with Crippen molar-refractivity contribution in [1.29, 1.82) is 0 Å². The number of allylic oxidation sites excluding steroid dienone is 1. The average molecular weight is 351 g/mol. The van der Waals surface area contributed by atoms with Crippen molar-refractivity contribution in [2.75, 3.05) is 4.90 Å². The van der Waals surface area contributed by atoms with Gasteiger partial charge < -0.3 is 20.2 Å². The van der Waals surface area contributed by atoms with Gasteiger partial charge in [0.1, 0.15) is 17.7 Å². The fourth-order valence-corrected chi connectivity index (χ4v) is 3.83. The molecule has 2 aromatic carbocycles. The lowest BCUT2D eigenvalue weighted by molar-refractivity contribution is 0.153. The predicted octanol–water partition coefficient (Wildman–Crippen LogP) is 4.66. The second-order valence-corrected chi connectivity index (χ2v) is 7.26. The van der Waals surface area contributed by atoms with Crippen LogP contribution >= 0.6 is 0 Å². The second-order valence-electron chi connectivity index (χ2n) is 7.26. The number of nitrogens with zero attached hydrogens (tertiary/aromatic N) is 1. The highest BCUT2D eigenvalue weighted by Gasteiger charge is 2.35. The summed E-state index contributed by atoms with van der Waals surface area (Å²) in [5.74, 6) is 0.0672. The van der Waals surface area contributed by atoms with Crippen LogP contribution in [0.3, 0.4) is 0 Å². The lowest BCUT2D eigenvalue weighted by atomic mass is 9.86. The summed E-state index contributed by atoms with van der Waals surface area (Å²) in [4.78, 5) is 1.98. The first-order valence-corrected chi connectivity index (χ1v) is 8.69. The summed E-state index contributed by atoms with van der Waals surface area (Å²) in [6.07, 6.45) is 3.60. The van der Waals surface area contributed by atoms with Crippen molar-refractivity contribution in [2.24, 2.45) is 0 Å². The number of hydrogen-bond acceptors (Lipinski definition) is 4. The first kappa shape index (κ1) is 18.1. The topological polar surface area (TPSA) is 63.9 Å². The SMILES string of the molecule is C=CC[C@@H](O)N1c2ccc(-c3c(O)cccc3O)cc2C(C)=CC1(C)C. The molecule has 0 unspecified atom stereocenters. The van der Waals surface area contributed by atoms with E-state index < -0.39 is 6.23 Å². The van der Waals surface area contributed by atoms with E-state index in [1.165, 1.54) is 0 Å². The molecule has 136 valence electrons. The molecule has 3 rings (SSSR count). The van der Waals surface area contributed by atoms with Crippen molar-refractivity contribution in [3.8, 4) is 22.6 Å².